The van der Waals surface area contributed by atoms with E-state index in [1.54, 1.807) is 23.1 Å². The van der Waals surface area contributed by atoms with Gasteiger partial charge >= 0.3 is 6.09 Å². The first-order valence-electron chi connectivity index (χ1n) is 12.7. The fourth-order valence-corrected chi connectivity index (χ4v) is 5.72. The zero-order valence-corrected chi connectivity index (χ0v) is 22.4. The number of amides is 2. The smallest absolute Gasteiger partial charge is 0.410 e. The molecule has 0 aromatic heterocycles. The largest absolute Gasteiger partial charge is 0.444 e. The molecular formula is C28H30ClN5O4. The van der Waals surface area contributed by atoms with Crippen LogP contribution in [-0.4, -0.2) is 72.4 Å². The molecule has 198 valence electrons. The van der Waals surface area contributed by atoms with Gasteiger partial charge in [-0.2, -0.15) is 0 Å². The Morgan fingerprint density at radius 1 is 1.05 bits per heavy atom. The number of hydrogen-bond acceptors (Lipinski definition) is 7. The molecule has 38 heavy (non-hydrogen) atoms. The quantitative estimate of drug-likeness (QED) is 0.342. The minimum Gasteiger partial charge on any atom is -0.444 e. The SMILES string of the molecule is CC(C)(C)OC(=O)N1CC2(CN(CCO/N=C3/C(=C4/C(=O)Nc5ccc(Cl)cc54)Nc4ccccc43)C2)C1. The predicted octanol–water partition coefficient (Wildman–Crippen LogP) is 4.40. The summed E-state index contributed by atoms with van der Waals surface area (Å²) in [4.78, 5) is 35.0. The van der Waals surface area contributed by atoms with Crippen LogP contribution in [0, 0.1) is 5.41 Å². The van der Waals surface area contributed by atoms with E-state index in [0.29, 0.717) is 34.3 Å². The molecule has 0 aliphatic carbocycles. The highest BCUT2D eigenvalue weighted by atomic mass is 35.5. The standard InChI is InChI=1S/C28H30ClN5O4/c1-27(2,3)38-26(36)34-15-28(16-34)13-33(14-28)10-11-37-32-23-18-6-4-5-7-20(18)30-24(23)22-19-12-17(29)8-9-21(19)31-25(22)35/h4-9,12,30H,10-11,13-16H2,1-3H3,(H,31,35)/b24-22-,32-23+. The fourth-order valence-electron chi connectivity index (χ4n) is 5.55. The second kappa shape index (κ2) is 9.03. The Morgan fingerprint density at radius 2 is 1.79 bits per heavy atom. The molecule has 0 atom stereocenters. The van der Waals surface area contributed by atoms with Gasteiger partial charge in [-0.3, -0.25) is 9.69 Å². The first-order valence-corrected chi connectivity index (χ1v) is 13.1. The number of halogens is 1. The molecule has 4 aliphatic heterocycles. The van der Waals surface area contributed by atoms with Crippen molar-refractivity contribution in [3.8, 4) is 0 Å². The van der Waals surface area contributed by atoms with Crippen LogP contribution >= 0.6 is 11.6 Å². The number of likely N-dealkylation sites (tertiary alicyclic amines) is 2. The summed E-state index contributed by atoms with van der Waals surface area (Å²) in [5.41, 5.74) is 4.56. The lowest BCUT2D eigenvalue weighted by Gasteiger charge is -2.59. The van der Waals surface area contributed by atoms with Gasteiger partial charge in [-0.15, -0.1) is 0 Å². The summed E-state index contributed by atoms with van der Waals surface area (Å²) in [6, 6.07) is 13.1. The van der Waals surface area contributed by atoms with Crippen LogP contribution in [-0.2, 0) is 14.4 Å². The number of anilines is 2. The number of hydrogen-bond donors (Lipinski definition) is 2. The molecule has 2 N–H and O–H groups in total. The number of rotatable bonds is 4. The zero-order chi connectivity index (χ0) is 26.7. The molecule has 2 fully saturated rings. The van der Waals surface area contributed by atoms with E-state index in [9.17, 15) is 9.59 Å². The number of fused-ring (bicyclic) bond motifs is 2. The van der Waals surface area contributed by atoms with Gasteiger partial charge in [0.15, 0.2) is 0 Å². The van der Waals surface area contributed by atoms with Crippen LogP contribution < -0.4 is 10.6 Å². The summed E-state index contributed by atoms with van der Waals surface area (Å²) in [5, 5.41) is 11.3. The van der Waals surface area contributed by atoms with Crippen molar-refractivity contribution in [2.75, 3.05) is 50.0 Å². The lowest BCUT2D eigenvalue weighted by Crippen LogP contribution is -2.73. The monoisotopic (exact) mass is 535 g/mol. The lowest BCUT2D eigenvalue weighted by molar-refractivity contribution is -0.116. The molecule has 10 heteroatoms. The molecule has 1 spiro atoms. The summed E-state index contributed by atoms with van der Waals surface area (Å²) in [7, 11) is 0. The van der Waals surface area contributed by atoms with E-state index in [1.165, 1.54) is 0 Å². The number of ether oxygens (including phenoxy) is 1. The van der Waals surface area contributed by atoms with Gasteiger partial charge in [0.25, 0.3) is 5.91 Å². The number of carbonyl (C=O) groups excluding carboxylic acids is 2. The van der Waals surface area contributed by atoms with Crippen LogP contribution in [0.15, 0.2) is 53.3 Å². The van der Waals surface area contributed by atoms with Crippen molar-refractivity contribution >= 4 is 46.3 Å². The lowest BCUT2D eigenvalue weighted by atomic mass is 9.73. The van der Waals surface area contributed by atoms with Crippen LogP contribution in [0.25, 0.3) is 5.57 Å². The molecule has 9 nitrogen and oxygen atoms in total. The van der Waals surface area contributed by atoms with Gasteiger partial charge in [0.2, 0.25) is 0 Å². The van der Waals surface area contributed by atoms with Crippen molar-refractivity contribution in [3.63, 3.8) is 0 Å². The normalized spacial score (nSPS) is 22.4. The molecule has 0 radical (unpaired) electrons. The van der Waals surface area contributed by atoms with Gasteiger partial charge in [0, 0.05) is 65.7 Å². The van der Waals surface area contributed by atoms with Gasteiger partial charge in [0.1, 0.15) is 17.9 Å². The Hall–Kier alpha value is -3.56. The Balaban J connectivity index is 1.10. The predicted molar refractivity (Wildman–Crippen MR) is 146 cm³/mol. The van der Waals surface area contributed by atoms with Crippen LogP contribution in [0.3, 0.4) is 0 Å². The van der Waals surface area contributed by atoms with E-state index in [1.807, 2.05) is 45.0 Å². The second-order valence-corrected chi connectivity index (χ2v) is 11.8. The minimum atomic E-state index is -0.479. The first kappa shape index (κ1) is 24.8. The summed E-state index contributed by atoms with van der Waals surface area (Å²) in [5.74, 6) is -0.211. The van der Waals surface area contributed by atoms with Gasteiger partial charge < -0.3 is 25.1 Å². The third-order valence-corrected chi connectivity index (χ3v) is 7.37. The Labute approximate surface area is 226 Å². The maximum absolute atomic E-state index is 12.9. The fraction of sp³-hybridized carbons (Fsp3) is 0.393. The Kier molecular flexibility index (Phi) is 5.88. The second-order valence-electron chi connectivity index (χ2n) is 11.4. The van der Waals surface area contributed by atoms with Gasteiger partial charge in [-0.25, -0.2) is 4.79 Å². The maximum atomic E-state index is 12.9. The molecular weight excluding hydrogens is 506 g/mol. The highest BCUT2D eigenvalue weighted by Gasteiger charge is 2.53. The molecule has 2 aromatic carbocycles. The van der Waals surface area contributed by atoms with E-state index in [4.69, 9.17) is 21.2 Å². The summed E-state index contributed by atoms with van der Waals surface area (Å²) < 4.78 is 5.46. The van der Waals surface area contributed by atoms with E-state index >= 15 is 0 Å². The third kappa shape index (κ3) is 4.50. The molecule has 0 unspecified atom stereocenters. The molecule has 4 aliphatic rings. The number of allylic oxidation sites excluding steroid dienone is 1. The number of nitrogens with zero attached hydrogens (tertiary/aromatic N) is 3. The molecule has 4 heterocycles. The van der Waals surface area contributed by atoms with E-state index in [-0.39, 0.29) is 17.4 Å². The molecule has 6 rings (SSSR count). The van der Waals surface area contributed by atoms with Gasteiger partial charge in [-0.1, -0.05) is 35.0 Å². The highest BCUT2D eigenvalue weighted by Crippen LogP contribution is 2.41. The van der Waals surface area contributed by atoms with Crippen molar-refractivity contribution in [2.24, 2.45) is 10.6 Å². The average molecular weight is 536 g/mol. The summed E-state index contributed by atoms with van der Waals surface area (Å²) >= 11 is 6.24. The van der Waals surface area contributed by atoms with Crippen molar-refractivity contribution < 1.29 is 19.2 Å². The van der Waals surface area contributed by atoms with Crippen molar-refractivity contribution in [1.29, 1.82) is 0 Å². The van der Waals surface area contributed by atoms with E-state index in [2.05, 4.69) is 20.7 Å². The topological polar surface area (TPSA) is 95.5 Å². The van der Waals surface area contributed by atoms with Crippen LogP contribution in [0.5, 0.6) is 0 Å². The van der Waals surface area contributed by atoms with Gasteiger partial charge in [0.05, 0.1) is 11.3 Å². The number of nitrogens with one attached hydrogen (secondary N) is 2. The minimum absolute atomic E-state index is 0.166. The number of carbonyl (C=O) groups is 2. The van der Waals surface area contributed by atoms with Crippen LogP contribution in [0.1, 0.15) is 31.9 Å². The number of para-hydroxylation sites is 1. The maximum Gasteiger partial charge on any atom is 0.410 e. The Morgan fingerprint density at radius 3 is 2.55 bits per heavy atom. The van der Waals surface area contributed by atoms with Crippen LogP contribution in [0.4, 0.5) is 16.2 Å². The molecule has 2 saturated heterocycles. The molecule has 2 amide bonds. The van der Waals surface area contributed by atoms with Crippen molar-refractivity contribution in [3.05, 3.63) is 64.3 Å². The highest BCUT2D eigenvalue weighted by molar-refractivity contribution is 6.40. The van der Waals surface area contributed by atoms with E-state index in [0.717, 1.165) is 49.5 Å². The van der Waals surface area contributed by atoms with Crippen LogP contribution in [0.2, 0.25) is 5.02 Å². The first-order chi connectivity index (χ1) is 18.1. The molecule has 0 saturated carbocycles. The molecule has 0 bridgehead atoms. The summed E-state index contributed by atoms with van der Waals surface area (Å²) in [6.07, 6.45) is -0.239. The third-order valence-electron chi connectivity index (χ3n) is 7.13. The Bertz CT molecular complexity index is 1380. The number of oxime groups is 1. The summed E-state index contributed by atoms with van der Waals surface area (Å²) in [6.45, 7) is 10.1. The zero-order valence-electron chi connectivity index (χ0n) is 21.6. The van der Waals surface area contributed by atoms with Gasteiger partial charge in [-0.05, 0) is 45.0 Å². The van der Waals surface area contributed by atoms with Crippen molar-refractivity contribution in [2.45, 2.75) is 26.4 Å². The van der Waals surface area contributed by atoms with E-state index < -0.39 is 5.60 Å². The average Bonchev–Trinajstić information content (AvgIpc) is 3.31. The molecule has 2 aromatic rings. The number of benzene rings is 2. The van der Waals surface area contributed by atoms with Crippen molar-refractivity contribution in [1.82, 2.24) is 9.80 Å².